The molecule has 7 heteroatoms. The van der Waals surface area contributed by atoms with Gasteiger partial charge in [-0.05, 0) is 42.0 Å². The Bertz CT molecular complexity index is 821. The predicted octanol–water partition coefficient (Wildman–Crippen LogP) is 2.62. The van der Waals surface area contributed by atoms with Crippen LogP contribution in [0, 0.1) is 0 Å². The summed E-state index contributed by atoms with van der Waals surface area (Å²) in [5.74, 6) is -0.481. The van der Waals surface area contributed by atoms with Crippen LogP contribution < -0.4 is 5.73 Å². The van der Waals surface area contributed by atoms with Crippen LogP contribution in [0.15, 0.2) is 53.4 Å². The molecule has 0 saturated heterocycles. The Morgan fingerprint density at radius 2 is 1.48 bits per heavy atom. The van der Waals surface area contributed by atoms with Crippen LogP contribution in [0.2, 0.25) is 10.0 Å². The van der Waals surface area contributed by atoms with Gasteiger partial charge in [-0.2, -0.15) is 0 Å². The lowest BCUT2D eigenvalue weighted by Gasteiger charge is -2.08. The monoisotopic (exact) mass is 371 g/mol. The Kier molecular flexibility index (Phi) is 4.19. The van der Waals surface area contributed by atoms with Crippen molar-refractivity contribution in [1.82, 2.24) is 0 Å². The largest absolute Gasteiger partial charge is 0.394 e. The molecule has 0 radical (unpaired) electrons. The molecule has 122 valence electrons. The Morgan fingerprint density at radius 1 is 1.00 bits per heavy atom. The lowest BCUT2D eigenvalue weighted by molar-refractivity contribution is 0.253. The molecule has 0 aromatic heterocycles. The van der Waals surface area contributed by atoms with Crippen molar-refractivity contribution < 1.29 is 13.5 Å². The molecule has 3 rings (SSSR count). The average Bonchev–Trinajstić information content (AvgIpc) is 3.16. The molecule has 2 aromatic rings. The summed E-state index contributed by atoms with van der Waals surface area (Å²) < 4.78 is 25.7. The fourth-order valence-electron chi connectivity index (χ4n) is 3.01. The van der Waals surface area contributed by atoms with E-state index in [1.807, 2.05) is 0 Å². The molecule has 3 atom stereocenters. The quantitative estimate of drug-likeness (QED) is 0.865. The van der Waals surface area contributed by atoms with E-state index in [4.69, 9.17) is 28.9 Å². The van der Waals surface area contributed by atoms with Crippen LogP contribution in [-0.4, -0.2) is 30.9 Å². The molecule has 3 unspecified atom stereocenters. The zero-order chi connectivity index (χ0) is 16.8. The van der Waals surface area contributed by atoms with Gasteiger partial charge < -0.3 is 10.8 Å². The van der Waals surface area contributed by atoms with E-state index in [1.165, 1.54) is 24.3 Å². The lowest BCUT2D eigenvalue weighted by Crippen LogP contribution is -2.35. The van der Waals surface area contributed by atoms with Gasteiger partial charge in [0.05, 0.1) is 22.3 Å². The Morgan fingerprint density at radius 3 is 1.96 bits per heavy atom. The zero-order valence-electron chi connectivity index (χ0n) is 12.0. The van der Waals surface area contributed by atoms with Gasteiger partial charge in [-0.25, -0.2) is 8.42 Å². The van der Waals surface area contributed by atoms with Gasteiger partial charge in [-0.1, -0.05) is 35.3 Å². The topological polar surface area (TPSA) is 80.4 Å². The maximum atomic E-state index is 12.9. The molecule has 1 aliphatic rings. The van der Waals surface area contributed by atoms with Crippen molar-refractivity contribution in [1.29, 1.82) is 0 Å². The minimum absolute atomic E-state index is 0.145. The molecule has 1 aliphatic carbocycles. The van der Waals surface area contributed by atoms with E-state index in [-0.39, 0.29) is 4.90 Å². The van der Waals surface area contributed by atoms with E-state index in [9.17, 15) is 13.5 Å². The van der Waals surface area contributed by atoms with Crippen LogP contribution >= 0.6 is 23.2 Å². The number of hydrogen-bond acceptors (Lipinski definition) is 4. The van der Waals surface area contributed by atoms with Gasteiger partial charge in [0.25, 0.3) is 0 Å². The third-order valence-corrected chi connectivity index (χ3v) is 7.09. The van der Waals surface area contributed by atoms with Crippen molar-refractivity contribution in [2.45, 2.75) is 21.6 Å². The van der Waals surface area contributed by atoms with Gasteiger partial charge in [-0.15, -0.1) is 0 Å². The summed E-state index contributed by atoms with van der Waals surface area (Å²) in [4.78, 5) is 0.145. The molecule has 0 spiro atoms. The summed E-state index contributed by atoms with van der Waals surface area (Å²) in [5, 5.41) is 9.76. The summed E-state index contributed by atoms with van der Waals surface area (Å²) in [6.07, 6.45) is 0. The fourth-order valence-corrected chi connectivity index (χ4v) is 5.56. The van der Waals surface area contributed by atoms with Crippen molar-refractivity contribution in [3.8, 4) is 0 Å². The van der Waals surface area contributed by atoms with E-state index in [0.717, 1.165) is 5.56 Å². The standard InChI is InChI=1S/C16H15Cl2NO3S/c17-11-3-1-10(2-4-11)14-15(16(14,19)9-20)23(21,22)13-7-5-12(18)6-8-13/h1-8,14-15,20H,9,19H2. The van der Waals surface area contributed by atoms with Gasteiger partial charge in [0.2, 0.25) is 0 Å². The Hall–Kier alpha value is -1.11. The summed E-state index contributed by atoms with van der Waals surface area (Å²) in [6, 6.07) is 12.8. The van der Waals surface area contributed by atoms with Gasteiger partial charge in [-0.3, -0.25) is 0 Å². The molecule has 23 heavy (non-hydrogen) atoms. The number of aliphatic hydroxyl groups is 1. The lowest BCUT2D eigenvalue weighted by atomic mass is 10.1. The molecule has 4 nitrogen and oxygen atoms in total. The molecule has 0 bridgehead atoms. The van der Waals surface area contributed by atoms with E-state index in [1.54, 1.807) is 24.3 Å². The predicted molar refractivity (Wildman–Crippen MR) is 90.6 cm³/mol. The van der Waals surface area contributed by atoms with Crippen molar-refractivity contribution >= 4 is 33.0 Å². The summed E-state index contributed by atoms with van der Waals surface area (Å²) in [6.45, 7) is -0.419. The Labute approximate surface area is 144 Å². The number of rotatable bonds is 4. The first-order chi connectivity index (χ1) is 10.8. The van der Waals surface area contributed by atoms with E-state index in [0.29, 0.717) is 10.0 Å². The maximum absolute atomic E-state index is 12.9. The van der Waals surface area contributed by atoms with Crippen LogP contribution in [0.3, 0.4) is 0 Å². The normalized spacial score (nSPS) is 27.0. The number of hydrogen-bond donors (Lipinski definition) is 2. The first-order valence-corrected chi connectivity index (χ1v) is 9.25. The molecule has 1 saturated carbocycles. The van der Waals surface area contributed by atoms with Crippen LogP contribution in [-0.2, 0) is 9.84 Å². The van der Waals surface area contributed by atoms with Gasteiger partial charge >= 0.3 is 0 Å². The molecular formula is C16H15Cl2NO3S. The summed E-state index contributed by atoms with van der Waals surface area (Å²) >= 11 is 11.7. The number of nitrogens with two attached hydrogens (primary N) is 1. The first-order valence-electron chi connectivity index (χ1n) is 6.95. The maximum Gasteiger partial charge on any atom is 0.183 e. The number of benzene rings is 2. The van der Waals surface area contributed by atoms with Crippen molar-refractivity contribution in [2.24, 2.45) is 5.73 Å². The second-order valence-corrected chi connectivity index (χ2v) is 8.66. The molecule has 0 heterocycles. The molecule has 3 N–H and O–H groups in total. The fraction of sp³-hybridized carbons (Fsp3) is 0.250. The summed E-state index contributed by atoms with van der Waals surface area (Å²) in [5.41, 5.74) is 5.71. The van der Waals surface area contributed by atoms with Crippen molar-refractivity contribution in [3.63, 3.8) is 0 Å². The van der Waals surface area contributed by atoms with Crippen molar-refractivity contribution in [3.05, 3.63) is 64.1 Å². The van der Waals surface area contributed by atoms with E-state index in [2.05, 4.69) is 0 Å². The minimum atomic E-state index is -3.69. The van der Waals surface area contributed by atoms with Gasteiger partial charge in [0.15, 0.2) is 9.84 Å². The average molecular weight is 372 g/mol. The summed E-state index contributed by atoms with van der Waals surface area (Å²) in [7, 11) is -3.69. The van der Waals surface area contributed by atoms with Gasteiger partial charge in [0, 0.05) is 16.0 Å². The Balaban J connectivity index is 2.01. The van der Waals surface area contributed by atoms with Crippen LogP contribution in [0.5, 0.6) is 0 Å². The third-order valence-electron chi connectivity index (χ3n) is 4.28. The number of sulfone groups is 1. The van der Waals surface area contributed by atoms with E-state index < -0.39 is 33.2 Å². The highest BCUT2D eigenvalue weighted by molar-refractivity contribution is 7.92. The molecule has 0 aliphatic heterocycles. The second kappa shape index (κ2) is 5.76. The molecular weight excluding hydrogens is 357 g/mol. The molecule has 0 amide bonds. The second-order valence-electron chi connectivity index (χ2n) is 5.72. The smallest absolute Gasteiger partial charge is 0.183 e. The van der Waals surface area contributed by atoms with Crippen LogP contribution in [0.4, 0.5) is 0 Å². The van der Waals surface area contributed by atoms with Crippen LogP contribution in [0.1, 0.15) is 11.5 Å². The van der Waals surface area contributed by atoms with Gasteiger partial charge in [0.1, 0.15) is 0 Å². The zero-order valence-corrected chi connectivity index (χ0v) is 14.3. The molecule has 1 fully saturated rings. The SMILES string of the molecule is NC1(CO)C(c2ccc(Cl)cc2)C1S(=O)(=O)c1ccc(Cl)cc1. The highest BCUT2D eigenvalue weighted by Gasteiger charge is 2.69. The number of halogens is 2. The number of aliphatic hydroxyl groups excluding tert-OH is 1. The highest BCUT2D eigenvalue weighted by atomic mass is 35.5. The van der Waals surface area contributed by atoms with Crippen LogP contribution in [0.25, 0.3) is 0 Å². The van der Waals surface area contributed by atoms with E-state index >= 15 is 0 Å². The molecule has 2 aromatic carbocycles. The third kappa shape index (κ3) is 2.77. The first kappa shape index (κ1) is 16.7. The minimum Gasteiger partial charge on any atom is -0.394 e. The van der Waals surface area contributed by atoms with Crippen molar-refractivity contribution in [2.75, 3.05) is 6.61 Å². The highest BCUT2D eigenvalue weighted by Crippen LogP contribution is 2.55.